The van der Waals surface area contributed by atoms with E-state index in [0.29, 0.717) is 5.92 Å². The predicted molar refractivity (Wildman–Crippen MR) is 90.1 cm³/mol. The zero-order valence-corrected chi connectivity index (χ0v) is 14.1. The number of hydrogen-bond donors (Lipinski definition) is 2. The summed E-state index contributed by atoms with van der Waals surface area (Å²) in [6.07, 6.45) is 3.08. The molecule has 22 heavy (non-hydrogen) atoms. The molecule has 1 aliphatic heterocycles. The van der Waals surface area contributed by atoms with Crippen molar-refractivity contribution in [1.29, 1.82) is 0 Å². The molecule has 0 aromatic heterocycles. The van der Waals surface area contributed by atoms with Gasteiger partial charge >= 0.3 is 0 Å². The first kappa shape index (κ1) is 15.4. The lowest BCUT2D eigenvalue weighted by Gasteiger charge is -2.39. The summed E-state index contributed by atoms with van der Waals surface area (Å²) in [7, 11) is 2.15. The molecule has 3 rings (SSSR count). The van der Waals surface area contributed by atoms with Gasteiger partial charge in [0, 0.05) is 18.7 Å². The molecule has 0 radical (unpaired) electrons. The van der Waals surface area contributed by atoms with Crippen LogP contribution in [0.15, 0.2) is 17.7 Å². The Bertz CT molecular complexity index is 625. The van der Waals surface area contributed by atoms with Crippen molar-refractivity contribution in [3.63, 3.8) is 0 Å². The first-order valence-corrected chi connectivity index (χ1v) is 8.21. The summed E-state index contributed by atoms with van der Waals surface area (Å²) in [6, 6.07) is 3.60. The highest BCUT2D eigenvalue weighted by Gasteiger charge is 2.34. The molecule has 0 fully saturated rings. The quantitative estimate of drug-likeness (QED) is 0.776. The number of nitrogens with zero attached hydrogens (tertiary/aromatic N) is 1. The molecule has 1 unspecified atom stereocenters. The first-order chi connectivity index (χ1) is 10.3. The van der Waals surface area contributed by atoms with Gasteiger partial charge in [-0.2, -0.15) is 0 Å². The van der Waals surface area contributed by atoms with Gasteiger partial charge in [0.2, 0.25) is 0 Å². The fraction of sp³-hybridized carbons (Fsp3) is 0.579. The van der Waals surface area contributed by atoms with Crippen LogP contribution in [0.5, 0.6) is 11.5 Å². The number of phenols is 2. The Hall–Kier alpha value is -1.48. The zero-order valence-electron chi connectivity index (χ0n) is 14.1. The second-order valence-electron chi connectivity index (χ2n) is 8.12. The Balaban J connectivity index is 2.10. The highest BCUT2D eigenvalue weighted by molar-refractivity contribution is 5.78. The van der Waals surface area contributed by atoms with Crippen molar-refractivity contribution < 1.29 is 10.2 Å². The van der Waals surface area contributed by atoms with Gasteiger partial charge < -0.3 is 15.1 Å². The van der Waals surface area contributed by atoms with E-state index in [9.17, 15) is 10.2 Å². The first-order valence-electron chi connectivity index (χ1n) is 8.21. The maximum atomic E-state index is 10.3. The highest BCUT2D eigenvalue weighted by Crippen LogP contribution is 2.47. The normalized spacial score (nSPS) is 22.5. The Morgan fingerprint density at radius 3 is 2.64 bits per heavy atom. The van der Waals surface area contributed by atoms with Gasteiger partial charge in [-0.25, -0.2) is 0 Å². The van der Waals surface area contributed by atoms with Crippen molar-refractivity contribution in [3.05, 3.63) is 28.8 Å². The zero-order chi connectivity index (χ0) is 16.1. The lowest BCUT2D eigenvalue weighted by atomic mass is 9.70. The summed E-state index contributed by atoms with van der Waals surface area (Å²) in [5.41, 5.74) is 5.28. The Morgan fingerprint density at radius 1 is 1.23 bits per heavy atom. The summed E-state index contributed by atoms with van der Waals surface area (Å²) in [5, 5.41) is 20.2. The molecular weight excluding hydrogens is 274 g/mol. The number of benzene rings is 1. The standard InChI is InChI=1S/C19H27NO2/c1-19(2,3)10-12-9-15-14(5-6-17(21)18(15)22)16-11-20(4)8-7-13(12)16/h5-6,12,21-22H,7-11H2,1-4H3. The molecule has 0 saturated heterocycles. The highest BCUT2D eigenvalue weighted by atomic mass is 16.3. The van der Waals surface area contributed by atoms with Gasteiger partial charge in [0.15, 0.2) is 11.5 Å². The molecular formula is C19H27NO2. The third-order valence-corrected chi connectivity index (χ3v) is 4.97. The minimum atomic E-state index is 0.00136. The van der Waals surface area contributed by atoms with Gasteiger partial charge in [-0.15, -0.1) is 0 Å². The maximum absolute atomic E-state index is 10.3. The summed E-state index contributed by atoms with van der Waals surface area (Å²) >= 11 is 0. The second kappa shape index (κ2) is 5.31. The number of likely N-dealkylation sites (N-methyl/N-ethyl adjacent to an activating group) is 1. The Kier molecular flexibility index (Phi) is 3.72. The Morgan fingerprint density at radius 2 is 1.95 bits per heavy atom. The molecule has 0 saturated carbocycles. The number of phenolic OH excluding ortho intramolecular Hbond substituents is 2. The molecule has 1 atom stereocenters. The summed E-state index contributed by atoms with van der Waals surface area (Å²) in [4.78, 5) is 2.34. The fourth-order valence-corrected chi connectivity index (χ4v) is 4.04. The topological polar surface area (TPSA) is 43.7 Å². The van der Waals surface area contributed by atoms with E-state index in [-0.39, 0.29) is 16.9 Å². The van der Waals surface area contributed by atoms with E-state index in [1.807, 2.05) is 6.07 Å². The van der Waals surface area contributed by atoms with Crippen LogP contribution in [0.25, 0.3) is 5.57 Å². The van der Waals surface area contributed by atoms with E-state index in [0.717, 1.165) is 43.5 Å². The van der Waals surface area contributed by atoms with Crippen LogP contribution < -0.4 is 0 Å². The minimum absolute atomic E-state index is 0.00136. The van der Waals surface area contributed by atoms with Crippen molar-refractivity contribution >= 4 is 5.57 Å². The van der Waals surface area contributed by atoms with Crippen LogP contribution >= 0.6 is 0 Å². The minimum Gasteiger partial charge on any atom is -0.504 e. The summed E-state index contributed by atoms with van der Waals surface area (Å²) in [5.74, 6) is 0.557. The van der Waals surface area contributed by atoms with Gasteiger partial charge in [0.05, 0.1) is 0 Å². The third-order valence-electron chi connectivity index (χ3n) is 4.97. The van der Waals surface area contributed by atoms with Gasteiger partial charge in [-0.1, -0.05) is 32.4 Å². The molecule has 3 nitrogen and oxygen atoms in total. The number of rotatable bonds is 1. The molecule has 1 heterocycles. The van der Waals surface area contributed by atoms with E-state index < -0.39 is 0 Å². The van der Waals surface area contributed by atoms with Crippen LogP contribution in [-0.2, 0) is 6.42 Å². The van der Waals surface area contributed by atoms with E-state index in [4.69, 9.17) is 0 Å². The fourth-order valence-electron chi connectivity index (χ4n) is 4.04. The molecule has 1 aromatic rings. The van der Waals surface area contributed by atoms with Crippen LogP contribution in [0, 0.1) is 11.3 Å². The van der Waals surface area contributed by atoms with E-state index >= 15 is 0 Å². The molecule has 1 aliphatic carbocycles. The van der Waals surface area contributed by atoms with Crippen LogP contribution in [0.4, 0.5) is 0 Å². The molecule has 120 valence electrons. The largest absolute Gasteiger partial charge is 0.504 e. The summed E-state index contributed by atoms with van der Waals surface area (Å²) < 4.78 is 0. The van der Waals surface area contributed by atoms with Crippen molar-refractivity contribution in [2.24, 2.45) is 11.3 Å². The van der Waals surface area contributed by atoms with Crippen LogP contribution in [0.3, 0.4) is 0 Å². The molecule has 2 N–H and O–H groups in total. The van der Waals surface area contributed by atoms with E-state index in [1.165, 1.54) is 5.57 Å². The average molecular weight is 301 g/mol. The van der Waals surface area contributed by atoms with Crippen molar-refractivity contribution in [2.75, 3.05) is 20.1 Å². The maximum Gasteiger partial charge on any atom is 0.161 e. The Labute approximate surface area is 133 Å². The average Bonchev–Trinajstić information content (AvgIpc) is 2.41. The number of aromatic hydroxyl groups is 2. The molecule has 1 aromatic carbocycles. The number of hydrogen-bond acceptors (Lipinski definition) is 3. The van der Waals surface area contributed by atoms with Crippen molar-refractivity contribution in [3.8, 4) is 11.5 Å². The third kappa shape index (κ3) is 2.74. The second-order valence-corrected chi connectivity index (χ2v) is 8.12. The monoisotopic (exact) mass is 301 g/mol. The van der Waals surface area contributed by atoms with Crippen LogP contribution in [0.2, 0.25) is 0 Å². The van der Waals surface area contributed by atoms with E-state index in [1.54, 1.807) is 11.6 Å². The van der Waals surface area contributed by atoms with Gasteiger partial charge in [0.1, 0.15) is 0 Å². The molecule has 3 heteroatoms. The smallest absolute Gasteiger partial charge is 0.161 e. The molecule has 0 spiro atoms. The number of fused-ring (bicyclic) bond motifs is 2. The lowest BCUT2D eigenvalue weighted by molar-refractivity contribution is 0.290. The van der Waals surface area contributed by atoms with Crippen LogP contribution in [-0.4, -0.2) is 35.3 Å². The van der Waals surface area contributed by atoms with Gasteiger partial charge in [-0.3, -0.25) is 0 Å². The summed E-state index contributed by atoms with van der Waals surface area (Å²) in [6.45, 7) is 8.88. The van der Waals surface area contributed by atoms with Crippen molar-refractivity contribution in [1.82, 2.24) is 4.90 Å². The molecule has 2 aliphatic rings. The van der Waals surface area contributed by atoms with Crippen LogP contribution in [0.1, 0.15) is 44.7 Å². The van der Waals surface area contributed by atoms with Gasteiger partial charge in [-0.05, 0) is 54.8 Å². The SMILES string of the molecule is CN1CCC2=C(C1)c1ccc(O)c(O)c1CC2CC(C)(C)C. The van der Waals surface area contributed by atoms with Gasteiger partial charge in [0.25, 0.3) is 0 Å². The lowest BCUT2D eigenvalue weighted by Crippen LogP contribution is -2.33. The predicted octanol–water partition coefficient (Wildman–Crippen LogP) is 3.80. The van der Waals surface area contributed by atoms with Crippen molar-refractivity contribution in [2.45, 2.75) is 40.0 Å². The molecule has 0 amide bonds. The molecule has 0 bridgehead atoms. The van der Waals surface area contributed by atoms with E-state index in [2.05, 4.69) is 32.7 Å².